The van der Waals surface area contributed by atoms with Crippen LogP contribution in [0.5, 0.6) is 0 Å². The predicted molar refractivity (Wildman–Crippen MR) is 88.7 cm³/mol. The summed E-state index contributed by atoms with van der Waals surface area (Å²) in [6.45, 7) is 1.01. The first-order valence-corrected chi connectivity index (χ1v) is 8.18. The molecule has 1 aliphatic carbocycles. The first kappa shape index (κ1) is 17.2. The third kappa shape index (κ3) is 3.58. The van der Waals surface area contributed by atoms with Gasteiger partial charge in [-0.25, -0.2) is 9.59 Å². The van der Waals surface area contributed by atoms with Gasteiger partial charge < -0.3 is 10.6 Å². The highest BCUT2D eigenvalue weighted by molar-refractivity contribution is 6.30. The lowest BCUT2D eigenvalue weighted by atomic mass is 9.92. The van der Waals surface area contributed by atoms with Gasteiger partial charge in [0.15, 0.2) is 0 Å². The van der Waals surface area contributed by atoms with Crippen LogP contribution >= 0.6 is 11.6 Å². The molecule has 0 aromatic heterocycles. The maximum absolute atomic E-state index is 12.7. The molecule has 2 aliphatic rings. The molecule has 1 heterocycles. The third-order valence-corrected chi connectivity index (χ3v) is 4.42. The van der Waals surface area contributed by atoms with Gasteiger partial charge in [0.05, 0.1) is 0 Å². The summed E-state index contributed by atoms with van der Waals surface area (Å²) >= 11 is 5.84. The molecule has 25 heavy (non-hydrogen) atoms. The summed E-state index contributed by atoms with van der Waals surface area (Å²) in [6.07, 6.45) is 1.77. The SMILES string of the molecule is CC1(c2ccc(Cl)cc2)NC(=O)N(CC(=O)NC(=O)NC2CC2)C1=O. The van der Waals surface area contributed by atoms with Crippen LogP contribution in [0.2, 0.25) is 5.02 Å². The van der Waals surface area contributed by atoms with Gasteiger partial charge in [0.25, 0.3) is 5.91 Å². The second-order valence-electron chi connectivity index (χ2n) is 6.25. The van der Waals surface area contributed by atoms with Crippen LogP contribution in [0.25, 0.3) is 0 Å². The number of carbonyl (C=O) groups excluding carboxylic acids is 4. The molecule has 1 aliphatic heterocycles. The molecule has 0 radical (unpaired) electrons. The van der Waals surface area contributed by atoms with E-state index in [-0.39, 0.29) is 6.04 Å². The summed E-state index contributed by atoms with van der Waals surface area (Å²) in [6, 6.07) is 5.26. The fourth-order valence-electron chi connectivity index (χ4n) is 2.58. The summed E-state index contributed by atoms with van der Waals surface area (Å²) in [4.78, 5) is 49.1. The Hall–Kier alpha value is -2.61. The maximum Gasteiger partial charge on any atom is 0.325 e. The first-order valence-electron chi connectivity index (χ1n) is 7.80. The smallest absolute Gasteiger partial charge is 0.325 e. The maximum atomic E-state index is 12.7. The van der Waals surface area contributed by atoms with Gasteiger partial charge in [-0.1, -0.05) is 23.7 Å². The predicted octanol–water partition coefficient (Wildman–Crippen LogP) is 1.10. The Kier molecular flexibility index (Phi) is 4.38. The lowest BCUT2D eigenvalue weighted by molar-refractivity contribution is -0.134. The van der Waals surface area contributed by atoms with Crippen molar-refractivity contribution in [3.8, 4) is 0 Å². The topological polar surface area (TPSA) is 108 Å². The molecule has 6 amide bonds. The van der Waals surface area contributed by atoms with Gasteiger partial charge in [0, 0.05) is 11.1 Å². The fourth-order valence-corrected chi connectivity index (χ4v) is 2.70. The van der Waals surface area contributed by atoms with Gasteiger partial charge in [-0.15, -0.1) is 0 Å². The number of nitrogens with zero attached hydrogens (tertiary/aromatic N) is 1. The van der Waals surface area contributed by atoms with Gasteiger partial charge in [-0.3, -0.25) is 19.8 Å². The van der Waals surface area contributed by atoms with Crippen LogP contribution in [0.3, 0.4) is 0 Å². The minimum atomic E-state index is -1.29. The van der Waals surface area contributed by atoms with E-state index in [9.17, 15) is 19.2 Å². The van der Waals surface area contributed by atoms with E-state index in [1.807, 2.05) is 0 Å². The largest absolute Gasteiger partial charge is 0.335 e. The fraction of sp³-hybridized carbons (Fsp3) is 0.375. The number of rotatable bonds is 4. The van der Waals surface area contributed by atoms with E-state index in [1.165, 1.54) is 0 Å². The summed E-state index contributed by atoms with van der Waals surface area (Å²) in [5.41, 5.74) is -0.747. The standard InChI is InChI=1S/C16H17ClN4O4/c1-16(9-2-4-10(17)5-3-9)13(23)21(15(25)20-16)8-12(22)19-14(24)18-11-6-7-11/h2-5,11H,6-8H2,1H3,(H,20,25)(H2,18,19,22,24). The van der Waals surface area contributed by atoms with E-state index in [0.29, 0.717) is 10.6 Å². The Morgan fingerprint density at radius 1 is 1.28 bits per heavy atom. The van der Waals surface area contributed by atoms with E-state index in [4.69, 9.17) is 11.6 Å². The molecule has 1 unspecified atom stereocenters. The number of hydrogen-bond acceptors (Lipinski definition) is 4. The molecule has 1 saturated heterocycles. The van der Waals surface area contributed by atoms with Crippen molar-refractivity contribution in [3.63, 3.8) is 0 Å². The van der Waals surface area contributed by atoms with Gasteiger partial charge in [-0.05, 0) is 37.5 Å². The number of nitrogens with one attached hydrogen (secondary N) is 3. The van der Waals surface area contributed by atoms with Crippen LogP contribution in [-0.4, -0.2) is 41.4 Å². The summed E-state index contributed by atoms with van der Waals surface area (Å²) in [5.74, 6) is -1.31. The second-order valence-corrected chi connectivity index (χ2v) is 6.69. The third-order valence-electron chi connectivity index (χ3n) is 4.16. The number of imide groups is 2. The molecule has 1 aromatic rings. The van der Waals surface area contributed by atoms with Crippen molar-refractivity contribution < 1.29 is 19.2 Å². The van der Waals surface area contributed by atoms with Crippen LogP contribution in [0.4, 0.5) is 9.59 Å². The number of amides is 6. The number of hydrogen-bond donors (Lipinski definition) is 3. The van der Waals surface area contributed by atoms with Gasteiger partial charge in [0.2, 0.25) is 5.91 Å². The highest BCUT2D eigenvalue weighted by atomic mass is 35.5. The van der Waals surface area contributed by atoms with Crippen LogP contribution in [0, 0.1) is 0 Å². The molecule has 1 aromatic carbocycles. The lowest BCUT2D eigenvalue weighted by Crippen LogP contribution is -2.47. The Bertz CT molecular complexity index is 747. The minimum Gasteiger partial charge on any atom is -0.335 e. The van der Waals surface area contributed by atoms with Crippen molar-refractivity contribution in [1.29, 1.82) is 0 Å². The molecule has 0 bridgehead atoms. The molecule has 9 heteroatoms. The van der Waals surface area contributed by atoms with Crippen molar-refractivity contribution in [3.05, 3.63) is 34.9 Å². The molecule has 0 spiro atoms. The molecule has 132 valence electrons. The van der Waals surface area contributed by atoms with Crippen LogP contribution < -0.4 is 16.0 Å². The number of urea groups is 2. The molecule has 1 saturated carbocycles. The van der Waals surface area contributed by atoms with Gasteiger partial charge in [0.1, 0.15) is 12.1 Å². The van der Waals surface area contributed by atoms with Gasteiger partial charge >= 0.3 is 12.1 Å². The van der Waals surface area contributed by atoms with Crippen molar-refractivity contribution in [2.45, 2.75) is 31.3 Å². The van der Waals surface area contributed by atoms with Crippen molar-refractivity contribution >= 4 is 35.5 Å². The summed E-state index contributed by atoms with van der Waals surface area (Å²) < 4.78 is 0. The monoisotopic (exact) mass is 364 g/mol. The zero-order valence-electron chi connectivity index (χ0n) is 13.5. The van der Waals surface area contributed by atoms with Crippen LogP contribution in [0.1, 0.15) is 25.3 Å². The van der Waals surface area contributed by atoms with E-state index < -0.39 is 36.0 Å². The van der Waals surface area contributed by atoms with Crippen LogP contribution in [-0.2, 0) is 15.1 Å². The molecule has 1 atom stereocenters. The highest BCUT2D eigenvalue weighted by Crippen LogP contribution is 2.29. The number of halogens is 1. The lowest BCUT2D eigenvalue weighted by Gasteiger charge is -2.22. The molecular formula is C16H17ClN4O4. The zero-order valence-corrected chi connectivity index (χ0v) is 14.2. The van der Waals surface area contributed by atoms with Crippen molar-refractivity contribution in [2.24, 2.45) is 0 Å². The second kappa shape index (κ2) is 6.36. The van der Waals surface area contributed by atoms with Crippen molar-refractivity contribution in [2.75, 3.05) is 6.54 Å². The average molecular weight is 365 g/mol. The minimum absolute atomic E-state index is 0.0951. The molecule has 3 N–H and O–H groups in total. The van der Waals surface area contributed by atoms with E-state index in [1.54, 1.807) is 31.2 Å². The molecule has 3 rings (SSSR count). The average Bonchev–Trinajstić information content (AvgIpc) is 3.32. The van der Waals surface area contributed by atoms with Gasteiger partial charge in [-0.2, -0.15) is 0 Å². The number of carbonyl (C=O) groups is 4. The normalized spacial score (nSPS) is 22.6. The Morgan fingerprint density at radius 2 is 1.92 bits per heavy atom. The molecule has 2 fully saturated rings. The highest BCUT2D eigenvalue weighted by Gasteiger charge is 2.49. The zero-order chi connectivity index (χ0) is 18.2. The molecule has 8 nitrogen and oxygen atoms in total. The Morgan fingerprint density at radius 3 is 2.52 bits per heavy atom. The van der Waals surface area contributed by atoms with Crippen LogP contribution in [0.15, 0.2) is 24.3 Å². The quantitative estimate of drug-likeness (QED) is 0.695. The van der Waals surface area contributed by atoms with E-state index in [2.05, 4.69) is 16.0 Å². The Balaban J connectivity index is 1.67. The van der Waals surface area contributed by atoms with E-state index >= 15 is 0 Å². The number of benzene rings is 1. The van der Waals surface area contributed by atoms with E-state index in [0.717, 1.165) is 17.7 Å². The Labute approximate surface area is 148 Å². The molecular weight excluding hydrogens is 348 g/mol. The van der Waals surface area contributed by atoms with Crippen molar-refractivity contribution in [1.82, 2.24) is 20.9 Å². The summed E-state index contributed by atoms with van der Waals surface area (Å²) in [7, 11) is 0. The first-order chi connectivity index (χ1) is 11.8. The summed E-state index contributed by atoms with van der Waals surface area (Å²) in [5, 5.41) is 7.79.